The van der Waals surface area contributed by atoms with Crippen molar-refractivity contribution in [2.24, 2.45) is 5.41 Å². The highest BCUT2D eigenvalue weighted by atomic mass is 14.9. The molecule has 2 nitrogen and oxygen atoms in total. The maximum absolute atomic E-state index is 3.14. The summed E-state index contributed by atoms with van der Waals surface area (Å²) in [5.74, 6) is 0. The quantitative estimate of drug-likeness (QED) is 0.610. The van der Waals surface area contributed by atoms with E-state index in [1.54, 1.807) is 0 Å². The molecule has 0 amide bonds. The first-order valence-electron chi connectivity index (χ1n) is 3.61. The molecule has 0 radical (unpaired) electrons. The van der Waals surface area contributed by atoms with Crippen LogP contribution in [0.15, 0.2) is 12.5 Å². The zero-order valence-electron chi connectivity index (χ0n) is 6.86. The normalized spacial score (nSPS) is 11.9. The molecule has 0 unspecified atom stereocenters. The molecule has 56 valence electrons. The molecule has 1 rings (SSSR count). The van der Waals surface area contributed by atoms with Crippen LogP contribution in [0.25, 0.3) is 0 Å². The van der Waals surface area contributed by atoms with E-state index < -0.39 is 0 Å². The molecule has 0 aliphatic carbocycles. The summed E-state index contributed by atoms with van der Waals surface area (Å²) in [6.07, 6.45) is 4.95. The average molecular weight is 139 g/mol. The van der Waals surface area contributed by atoms with Crippen molar-refractivity contribution in [1.82, 2.24) is 4.98 Å². The van der Waals surface area contributed by atoms with Gasteiger partial charge in [-0.3, -0.25) is 4.98 Å². The van der Waals surface area contributed by atoms with E-state index in [2.05, 4.69) is 30.7 Å². The van der Waals surface area contributed by atoms with Crippen molar-refractivity contribution < 1.29 is 4.98 Å². The van der Waals surface area contributed by atoms with Gasteiger partial charge in [-0.15, -0.1) is 0 Å². The van der Waals surface area contributed by atoms with Crippen LogP contribution in [-0.4, -0.2) is 4.98 Å². The molecular formula is C8H15N2+. The van der Waals surface area contributed by atoms with Gasteiger partial charge in [0, 0.05) is 6.42 Å². The molecule has 0 aliphatic rings. The Kier molecular flexibility index (Phi) is 1.79. The molecule has 0 atom stereocenters. The molecule has 0 aromatic carbocycles. The molecule has 0 aliphatic heterocycles. The Bertz CT molecular complexity index is 182. The number of H-pyrrole nitrogens is 2. The monoisotopic (exact) mass is 139 g/mol. The smallest absolute Gasteiger partial charge is 0.239 e. The van der Waals surface area contributed by atoms with Gasteiger partial charge in [-0.2, -0.15) is 0 Å². The number of hydrogen-bond acceptors (Lipinski definition) is 0. The zero-order chi connectivity index (χ0) is 7.61. The van der Waals surface area contributed by atoms with E-state index in [9.17, 15) is 0 Å². The van der Waals surface area contributed by atoms with Gasteiger partial charge in [0.25, 0.3) is 0 Å². The van der Waals surface area contributed by atoms with Crippen LogP contribution in [0.2, 0.25) is 0 Å². The highest BCUT2D eigenvalue weighted by molar-refractivity contribution is 4.92. The molecule has 1 aromatic heterocycles. The lowest BCUT2D eigenvalue weighted by Crippen LogP contribution is -2.09. The summed E-state index contributed by atoms with van der Waals surface area (Å²) in [4.78, 5) is 6.13. The van der Waals surface area contributed by atoms with Crippen molar-refractivity contribution >= 4 is 0 Å². The first-order valence-corrected chi connectivity index (χ1v) is 3.61. The zero-order valence-corrected chi connectivity index (χ0v) is 6.86. The number of aromatic amines is 2. The summed E-state index contributed by atoms with van der Waals surface area (Å²) in [7, 11) is 0. The Morgan fingerprint density at radius 2 is 2.20 bits per heavy atom. The minimum atomic E-state index is 0.374. The maximum Gasteiger partial charge on any atom is 0.239 e. The molecule has 1 aromatic rings. The Morgan fingerprint density at radius 3 is 2.60 bits per heavy atom. The van der Waals surface area contributed by atoms with Crippen LogP contribution in [0, 0.1) is 5.41 Å². The predicted molar refractivity (Wildman–Crippen MR) is 40.5 cm³/mol. The van der Waals surface area contributed by atoms with Gasteiger partial charge in [-0.25, -0.2) is 4.98 Å². The lowest BCUT2D eigenvalue weighted by molar-refractivity contribution is -0.376. The molecule has 2 N–H and O–H groups in total. The van der Waals surface area contributed by atoms with E-state index in [-0.39, 0.29) is 0 Å². The fourth-order valence-electron chi connectivity index (χ4n) is 0.992. The number of imidazole rings is 1. The van der Waals surface area contributed by atoms with Gasteiger partial charge >= 0.3 is 0 Å². The predicted octanol–water partition coefficient (Wildman–Crippen LogP) is 1.42. The van der Waals surface area contributed by atoms with Gasteiger partial charge in [0.15, 0.2) is 0 Å². The van der Waals surface area contributed by atoms with Gasteiger partial charge in [0.05, 0.1) is 0 Å². The lowest BCUT2D eigenvalue weighted by atomic mass is 9.91. The van der Waals surface area contributed by atoms with Crippen molar-refractivity contribution in [3.63, 3.8) is 0 Å². The third kappa shape index (κ3) is 2.21. The Labute approximate surface area is 61.7 Å². The standard InChI is InChI=1S/C8H14N2/c1-8(2,3)4-7-5-9-6-10-7/h5-6H,4H2,1-3H3,(H,9,10)/p+1. The number of nitrogens with one attached hydrogen (secondary N) is 2. The first kappa shape index (κ1) is 7.32. The van der Waals surface area contributed by atoms with Gasteiger partial charge < -0.3 is 0 Å². The second kappa shape index (κ2) is 2.45. The molecule has 0 saturated heterocycles. The van der Waals surface area contributed by atoms with Crippen LogP contribution < -0.4 is 4.98 Å². The lowest BCUT2D eigenvalue weighted by Gasteiger charge is -2.14. The summed E-state index contributed by atoms with van der Waals surface area (Å²) in [5.41, 5.74) is 1.64. The number of rotatable bonds is 1. The molecule has 0 spiro atoms. The van der Waals surface area contributed by atoms with Crippen LogP contribution in [0.3, 0.4) is 0 Å². The van der Waals surface area contributed by atoms with Crippen LogP contribution in [-0.2, 0) is 6.42 Å². The highest BCUT2D eigenvalue weighted by Gasteiger charge is 2.13. The van der Waals surface area contributed by atoms with E-state index in [1.165, 1.54) is 5.69 Å². The molecule has 1 heterocycles. The largest absolute Gasteiger partial charge is 0.250 e. The minimum Gasteiger partial charge on any atom is -0.250 e. The molecule has 0 bridgehead atoms. The second-order valence-corrected chi connectivity index (χ2v) is 3.86. The van der Waals surface area contributed by atoms with E-state index in [4.69, 9.17) is 0 Å². The van der Waals surface area contributed by atoms with Crippen molar-refractivity contribution in [3.8, 4) is 0 Å². The van der Waals surface area contributed by atoms with E-state index in [0.29, 0.717) is 5.41 Å². The Hall–Kier alpha value is -0.790. The SMILES string of the molecule is CC(C)(C)Cc1c[nH+]c[nH]1. The molecule has 0 saturated carbocycles. The fourth-order valence-corrected chi connectivity index (χ4v) is 0.992. The molecule has 0 fully saturated rings. The Morgan fingerprint density at radius 1 is 1.50 bits per heavy atom. The van der Waals surface area contributed by atoms with Gasteiger partial charge in [-0.05, 0) is 5.41 Å². The third-order valence-corrected chi connectivity index (χ3v) is 1.32. The Balaban J connectivity index is 2.57. The van der Waals surface area contributed by atoms with Crippen LogP contribution in [0.1, 0.15) is 26.5 Å². The summed E-state index contributed by atoms with van der Waals surface area (Å²) < 4.78 is 0. The molecule has 10 heavy (non-hydrogen) atoms. The van der Waals surface area contributed by atoms with Crippen molar-refractivity contribution in [2.75, 3.05) is 0 Å². The molecule has 2 heteroatoms. The minimum absolute atomic E-state index is 0.374. The summed E-state index contributed by atoms with van der Waals surface area (Å²) in [6, 6.07) is 0. The third-order valence-electron chi connectivity index (χ3n) is 1.32. The topological polar surface area (TPSA) is 29.9 Å². The average Bonchev–Trinajstić information content (AvgIpc) is 2.12. The van der Waals surface area contributed by atoms with E-state index in [0.717, 1.165) is 6.42 Å². The maximum atomic E-state index is 3.14. The van der Waals surface area contributed by atoms with Gasteiger partial charge in [0.1, 0.15) is 11.9 Å². The summed E-state index contributed by atoms with van der Waals surface area (Å²) in [5, 5.41) is 0. The molecular weight excluding hydrogens is 124 g/mol. The summed E-state index contributed by atoms with van der Waals surface area (Å²) in [6.45, 7) is 6.69. The first-order chi connectivity index (χ1) is 4.58. The number of hydrogen-bond donors (Lipinski definition) is 1. The van der Waals surface area contributed by atoms with Crippen molar-refractivity contribution in [1.29, 1.82) is 0 Å². The van der Waals surface area contributed by atoms with E-state index in [1.807, 2.05) is 12.5 Å². The van der Waals surface area contributed by atoms with Crippen molar-refractivity contribution in [3.05, 3.63) is 18.2 Å². The summed E-state index contributed by atoms with van der Waals surface area (Å²) >= 11 is 0. The highest BCUT2D eigenvalue weighted by Crippen LogP contribution is 2.17. The number of aromatic nitrogens is 2. The second-order valence-electron chi connectivity index (χ2n) is 3.86. The van der Waals surface area contributed by atoms with Crippen molar-refractivity contribution in [2.45, 2.75) is 27.2 Å². The van der Waals surface area contributed by atoms with Crippen LogP contribution in [0.5, 0.6) is 0 Å². The van der Waals surface area contributed by atoms with Crippen LogP contribution in [0.4, 0.5) is 0 Å². The van der Waals surface area contributed by atoms with E-state index >= 15 is 0 Å². The fraction of sp³-hybridized carbons (Fsp3) is 0.625. The van der Waals surface area contributed by atoms with Gasteiger partial charge in [-0.1, -0.05) is 20.8 Å². The van der Waals surface area contributed by atoms with Gasteiger partial charge in [0.2, 0.25) is 6.33 Å². The van der Waals surface area contributed by atoms with Crippen LogP contribution >= 0.6 is 0 Å².